The first-order valence-electron chi connectivity index (χ1n) is 6.54. The Balaban J connectivity index is 1.81. The van der Waals surface area contributed by atoms with E-state index in [0.29, 0.717) is 15.5 Å². The molecule has 8 heteroatoms. The molecule has 0 aliphatic carbocycles. The van der Waals surface area contributed by atoms with E-state index >= 15 is 0 Å². The van der Waals surface area contributed by atoms with Crippen molar-refractivity contribution in [3.63, 3.8) is 0 Å². The van der Waals surface area contributed by atoms with Gasteiger partial charge in [0.25, 0.3) is 11.8 Å². The fraction of sp³-hybridized carbons (Fsp3) is 0.143. The number of rotatable bonds is 1. The molecule has 0 aromatic carbocycles. The van der Waals surface area contributed by atoms with E-state index in [1.807, 2.05) is 0 Å². The van der Waals surface area contributed by atoms with Crippen LogP contribution in [0.2, 0.25) is 0 Å². The molecule has 0 fully saturated rings. The molecule has 22 heavy (non-hydrogen) atoms. The van der Waals surface area contributed by atoms with E-state index in [0.717, 1.165) is 21.8 Å². The Hall–Kier alpha value is -2.06. The Morgan fingerprint density at radius 3 is 2.27 bits per heavy atom. The number of H-pyrrole nitrogens is 1. The number of aromatic amines is 1. The van der Waals surface area contributed by atoms with Crippen LogP contribution in [0.4, 0.5) is 5.82 Å². The minimum Gasteiger partial charge on any atom is -0.307 e. The van der Waals surface area contributed by atoms with Gasteiger partial charge in [-0.15, -0.1) is 23.5 Å². The molecule has 1 N–H and O–H groups in total. The number of aromatic nitrogens is 2. The number of pyridine rings is 2. The molecule has 2 aliphatic rings. The monoisotopic (exact) mass is 331 g/mol. The third kappa shape index (κ3) is 1.98. The van der Waals surface area contributed by atoms with Gasteiger partial charge in [0.2, 0.25) is 5.56 Å². The van der Waals surface area contributed by atoms with E-state index in [2.05, 4.69) is 9.97 Å². The van der Waals surface area contributed by atoms with Gasteiger partial charge < -0.3 is 4.98 Å². The van der Waals surface area contributed by atoms with Crippen LogP contribution < -0.4 is 10.5 Å². The van der Waals surface area contributed by atoms with Gasteiger partial charge in [0.05, 0.1) is 9.81 Å². The van der Waals surface area contributed by atoms with Crippen molar-refractivity contribution in [1.82, 2.24) is 9.97 Å². The highest BCUT2D eigenvalue weighted by Gasteiger charge is 2.41. The van der Waals surface area contributed by atoms with Gasteiger partial charge in [0, 0.05) is 23.0 Å². The Labute approximate surface area is 133 Å². The predicted molar refractivity (Wildman–Crippen MR) is 86.8 cm³/mol. The highest BCUT2D eigenvalue weighted by Crippen LogP contribution is 2.41. The van der Waals surface area contributed by atoms with Gasteiger partial charge in [-0.3, -0.25) is 14.4 Å². The lowest BCUT2D eigenvalue weighted by atomic mass is 10.3. The number of hydrogen-bond acceptors (Lipinski definition) is 6. The van der Waals surface area contributed by atoms with Gasteiger partial charge in [-0.25, -0.2) is 9.88 Å². The van der Waals surface area contributed by atoms with Crippen LogP contribution in [0.25, 0.3) is 11.0 Å². The number of nitrogens with one attached hydrogen (secondary N) is 1. The first-order chi connectivity index (χ1) is 10.6. The van der Waals surface area contributed by atoms with Crippen LogP contribution in [0, 0.1) is 0 Å². The fourth-order valence-corrected chi connectivity index (χ4v) is 4.68. The molecule has 6 nitrogen and oxygen atoms in total. The second-order valence-electron chi connectivity index (χ2n) is 4.73. The van der Waals surface area contributed by atoms with Crippen LogP contribution in [0.3, 0.4) is 0 Å². The zero-order chi connectivity index (χ0) is 15.3. The SMILES string of the molecule is O=C1C2=C(SCCS2)C(=O)N1c1ccc2ccc(=O)[nH]c2n1. The molecule has 2 aliphatic heterocycles. The summed E-state index contributed by atoms with van der Waals surface area (Å²) >= 11 is 2.82. The van der Waals surface area contributed by atoms with Crippen LogP contribution in [0.5, 0.6) is 0 Å². The highest BCUT2D eigenvalue weighted by atomic mass is 32.2. The maximum absolute atomic E-state index is 12.5. The van der Waals surface area contributed by atoms with Gasteiger partial charge in [-0.05, 0) is 18.2 Å². The van der Waals surface area contributed by atoms with Crippen molar-refractivity contribution in [1.29, 1.82) is 0 Å². The lowest BCUT2D eigenvalue weighted by Crippen LogP contribution is -2.32. The summed E-state index contributed by atoms with van der Waals surface area (Å²) in [6.45, 7) is 0. The molecule has 2 aromatic rings. The average molecular weight is 331 g/mol. The smallest absolute Gasteiger partial charge is 0.274 e. The van der Waals surface area contributed by atoms with Crippen LogP contribution in [0.15, 0.2) is 38.9 Å². The van der Waals surface area contributed by atoms with Crippen molar-refractivity contribution in [2.24, 2.45) is 0 Å². The molecule has 0 spiro atoms. The van der Waals surface area contributed by atoms with Crippen molar-refractivity contribution in [2.75, 3.05) is 16.4 Å². The van der Waals surface area contributed by atoms with E-state index in [9.17, 15) is 14.4 Å². The molecule has 2 amide bonds. The number of imide groups is 1. The standard InChI is InChI=1S/C14H9N3O3S2/c18-9-4-2-7-1-3-8(15-12(7)16-9)17-13(19)10-11(14(17)20)22-6-5-21-10/h1-4H,5-6H2,(H,15,16,18). The number of hydrogen-bond donors (Lipinski definition) is 1. The minimum atomic E-state index is -0.331. The third-order valence-electron chi connectivity index (χ3n) is 3.37. The molecule has 2 aromatic heterocycles. The molecule has 0 atom stereocenters. The number of thioether (sulfide) groups is 2. The zero-order valence-electron chi connectivity index (χ0n) is 11.2. The molecule has 0 unspecified atom stereocenters. The molecular weight excluding hydrogens is 322 g/mol. The van der Waals surface area contributed by atoms with Gasteiger partial charge in [-0.1, -0.05) is 0 Å². The molecule has 0 bridgehead atoms. The van der Waals surface area contributed by atoms with Crippen molar-refractivity contribution < 1.29 is 9.59 Å². The van der Waals surface area contributed by atoms with Crippen molar-refractivity contribution in [2.45, 2.75) is 0 Å². The number of carbonyl (C=O) groups excluding carboxylic acids is 2. The normalized spacial score (nSPS) is 18.3. The second kappa shape index (κ2) is 4.99. The largest absolute Gasteiger partial charge is 0.307 e. The van der Waals surface area contributed by atoms with E-state index in [1.165, 1.54) is 29.6 Å². The Morgan fingerprint density at radius 1 is 0.955 bits per heavy atom. The van der Waals surface area contributed by atoms with Crippen LogP contribution in [0.1, 0.15) is 0 Å². The molecular formula is C14H9N3O3S2. The molecule has 0 radical (unpaired) electrons. The summed E-state index contributed by atoms with van der Waals surface area (Å²) in [5.74, 6) is 1.20. The molecule has 0 saturated carbocycles. The van der Waals surface area contributed by atoms with Gasteiger partial charge in [0.15, 0.2) is 0 Å². The summed E-state index contributed by atoms with van der Waals surface area (Å²) in [4.78, 5) is 45.3. The summed E-state index contributed by atoms with van der Waals surface area (Å²) in [5.41, 5.74) is 0.0792. The number of anilines is 1. The van der Waals surface area contributed by atoms with Crippen molar-refractivity contribution in [3.8, 4) is 0 Å². The van der Waals surface area contributed by atoms with Gasteiger partial charge in [-0.2, -0.15) is 0 Å². The number of carbonyl (C=O) groups is 2. The topological polar surface area (TPSA) is 83.1 Å². The van der Waals surface area contributed by atoms with Gasteiger partial charge >= 0.3 is 0 Å². The number of fused-ring (bicyclic) bond motifs is 1. The third-order valence-corrected chi connectivity index (χ3v) is 5.91. The summed E-state index contributed by atoms with van der Waals surface area (Å²) in [5, 5.41) is 0.740. The maximum Gasteiger partial charge on any atom is 0.274 e. The Bertz CT molecular complexity index is 891. The molecule has 4 heterocycles. The molecule has 4 rings (SSSR count). The lowest BCUT2D eigenvalue weighted by Gasteiger charge is -2.13. The van der Waals surface area contributed by atoms with E-state index in [1.54, 1.807) is 18.2 Å². The summed E-state index contributed by atoms with van der Waals surface area (Å²) < 4.78 is 0. The fourth-order valence-electron chi connectivity index (χ4n) is 2.38. The Kier molecular flexibility index (Phi) is 3.08. The lowest BCUT2D eigenvalue weighted by molar-refractivity contribution is -0.120. The van der Waals surface area contributed by atoms with Crippen molar-refractivity contribution in [3.05, 3.63) is 44.4 Å². The minimum absolute atomic E-state index is 0.236. The van der Waals surface area contributed by atoms with Crippen LogP contribution in [-0.4, -0.2) is 33.3 Å². The number of amides is 2. The van der Waals surface area contributed by atoms with Crippen molar-refractivity contribution >= 4 is 52.2 Å². The van der Waals surface area contributed by atoms with E-state index in [4.69, 9.17) is 0 Å². The molecule has 0 saturated heterocycles. The summed E-state index contributed by atoms with van der Waals surface area (Å²) in [6.07, 6.45) is 0. The van der Waals surface area contributed by atoms with E-state index in [-0.39, 0.29) is 23.2 Å². The maximum atomic E-state index is 12.5. The van der Waals surface area contributed by atoms with Crippen LogP contribution >= 0.6 is 23.5 Å². The Morgan fingerprint density at radius 2 is 1.59 bits per heavy atom. The zero-order valence-corrected chi connectivity index (χ0v) is 12.8. The number of nitrogens with zero attached hydrogens (tertiary/aromatic N) is 2. The van der Waals surface area contributed by atoms with Gasteiger partial charge in [0.1, 0.15) is 11.5 Å². The summed E-state index contributed by atoms with van der Waals surface area (Å²) in [7, 11) is 0. The second-order valence-corrected chi connectivity index (χ2v) is 6.94. The highest BCUT2D eigenvalue weighted by molar-refractivity contribution is 8.11. The summed E-state index contributed by atoms with van der Waals surface area (Å²) in [6, 6.07) is 6.40. The average Bonchev–Trinajstić information content (AvgIpc) is 2.79. The first kappa shape index (κ1) is 13.6. The predicted octanol–water partition coefficient (Wildman–Crippen LogP) is 1.49. The molecule has 110 valence electrons. The van der Waals surface area contributed by atoms with Crippen LogP contribution in [-0.2, 0) is 9.59 Å². The quantitative estimate of drug-likeness (QED) is 0.797. The first-order valence-corrected chi connectivity index (χ1v) is 8.51. The van der Waals surface area contributed by atoms with E-state index < -0.39 is 0 Å².